The predicted octanol–water partition coefficient (Wildman–Crippen LogP) is 3.09. The van der Waals surface area contributed by atoms with Gasteiger partial charge in [0.25, 0.3) is 0 Å². The van der Waals surface area contributed by atoms with Crippen molar-refractivity contribution in [3.8, 4) is 0 Å². The summed E-state index contributed by atoms with van der Waals surface area (Å²) < 4.78 is 5.18. The molecule has 18 heavy (non-hydrogen) atoms. The second kappa shape index (κ2) is 8.81. The van der Waals surface area contributed by atoms with Gasteiger partial charge in [0.05, 0.1) is 6.61 Å². The fraction of sp³-hybridized carbons (Fsp3) is 0.929. The van der Waals surface area contributed by atoms with Crippen molar-refractivity contribution in [3.63, 3.8) is 0 Å². The average Bonchev–Trinajstić information content (AvgIpc) is 2.28. The van der Waals surface area contributed by atoms with Gasteiger partial charge in [0.1, 0.15) is 5.54 Å². The summed E-state index contributed by atoms with van der Waals surface area (Å²) in [7, 11) is 0. The average molecular weight is 275 g/mol. The lowest BCUT2D eigenvalue weighted by Crippen LogP contribution is -2.55. The molecule has 0 amide bonds. The fourth-order valence-corrected chi connectivity index (χ4v) is 3.03. The molecule has 0 bridgehead atoms. The van der Waals surface area contributed by atoms with Crippen molar-refractivity contribution in [3.05, 3.63) is 0 Å². The first kappa shape index (κ1) is 17.8. The summed E-state index contributed by atoms with van der Waals surface area (Å²) in [6.45, 7) is 12.8. The highest BCUT2D eigenvalue weighted by Gasteiger charge is 2.35. The van der Waals surface area contributed by atoms with Crippen LogP contribution in [0.25, 0.3) is 0 Å². The zero-order chi connectivity index (χ0) is 14.2. The zero-order valence-corrected chi connectivity index (χ0v) is 13.5. The molecule has 0 fully saturated rings. The van der Waals surface area contributed by atoms with Crippen LogP contribution < -0.4 is 5.32 Å². The molecule has 0 spiro atoms. The Balaban J connectivity index is 4.42. The smallest absolute Gasteiger partial charge is 0.326 e. The van der Waals surface area contributed by atoms with Crippen LogP contribution in [0.3, 0.4) is 0 Å². The Hall–Kier alpha value is -0.220. The first-order valence-electron chi connectivity index (χ1n) is 6.88. The first-order valence-corrected chi connectivity index (χ1v) is 8.03. The van der Waals surface area contributed by atoms with E-state index in [1.165, 1.54) is 6.42 Å². The third-order valence-electron chi connectivity index (χ3n) is 2.82. The maximum atomic E-state index is 12.0. The van der Waals surface area contributed by atoms with Crippen LogP contribution in [0.1, 0.15) is 48.0 Å². The minimum Gasteiger partial charge on any atom is -0.465 e. The molecular weight excluding hydrogens is 246 g/mol. The Morgan fingerprint density at radius 2 is 1.94 bits per heavy atom. The summed E-state index contributed by atoms with van der Waals surface area (Å²) in [6, 6.07) is 0.267. The summed E-state index contributed by atoms with van der Waals surface area (Å²) in [6.07, 6.45) is 1.18. The van der Waals surface area contributed by atoms with Crippen molar-refractivity contribution in [2.75, 3.05) is 18.1 Å². The molecular formula is C14H29NO2S. The van der Waals surface area contributed by atoms with Crippen LogP contribution in [0.5, 0.6) is 0 Å². The van der Waals surface area contributed by atoms with Crippen LogP contribution in [-0.2, 0) is 9.53 Å². The van der Waals surface area contributed by atoms with E-state index in [0.29, 0.717) is 12.5 Å². The number of hydrogen-bond acceptors (Lipinski definition) is 4. The first-order chi connectivity index (χ1) is 8.35. The molecule has 0 aromatic heterocycles. The van der Waals surface area contributed by atoms with Gasteiger partial charge in [-0.3, -0.25) is 10.1 Å². The standard InChI is InChI=1S/C14H29NO2S/c1-7-12(5)9-18-10-14(6,15-11(3)4)13(16)17-8-2/h11-12,15H,7-10H2,1-6H3. The van der Waals surface area contributed by atoms with Crippen molar-refractivity contribution in [2.24, 2.45) is 5.92 Å². The molecule has 0 saturated heterocycles. The lowest BCUT2D eigenvalue weighted by Gasteiger charge is -2.30. The van der Waals surface area contributed by atoms with Crippen LogP contribution in [-0.4, -0.2) is 35.7 Å². The molecule has 3 nitrogen and oxygen atoms in total. The lowest BCUT2D eigenvalue weighted by atomic mass is 10.0. The summed E-state index contributed by atoms with van der Waals surface area (Å²) in [5.41, 5.74) is -0.581. The van der Waals surface area contributed by atoms with Gasteiger partial charge in [0.2, 0.25) is 0 Å². The molecule has 0 aliphatic heterocycles. The number of rotatable bonds is 9. The van der Waals surface area contributed by atoms with E-state index in [9.17, 15) is 4.79 Å². The normalized spacial score (nSPS) is 16.4. The van der Waals surface area contributed by atoms with Gasteiger partial charge in [0.15, 0.2) is 0 Å². The lowest BCUT2D eigenvalue weighted by molar-refractivity contribution is -0.149. The van der Waals surface area contributed by atoms with Gasteiger partial charge in [-0.1, -0.05) is 20.3 Å². The predicted molar refractivity (Wildman–Crippen MR) is 80.1 cm³/mol. The maximum Gasteiger partial charge on any atom is 0.326 e. The van der Waals surface area contributed by atoms with Crippen LogP contribution in [0, 0.1) is 5.92 Å². The third-order valence-corrected chi connectivity index (χ3v) is 4.41. The summed E-state index contributed by atoms with van der Waals surface area (Å²) >= 11 is 1.83. The number of carbonyl (C=O) groups is 1. The minimum atomic E-state index is -0.581. The second-order valence-corrected chi connectivity index (χ2v) is 6.41. The molecule has 0 rings (SSSR count). The molecule has 0 aliphatic rings. The molecule has 0 saturated carbocycles. The number of carbonyl (C=O) groups excluding carboxylic acids is 1. The van der Waals surface area contributed by atoms with Gasteiger partial charge in [-0.15, -0.1) is 0 Å². The Morgan fingerprint density at radius 1 is 1.33 bits per heavy atom. The third kappa shape index (κ3) is 6.64. The number of nitrogens with one attached hydrogen (secondary N) is 1. The fourth-order valence-electron chi connectivity index (χ4n) is 1.67. The monoisotopic (exact) mass is 275 g/mol. The zero-order valence-electron chi connectivity index (χ0n) is 12.7. The van der Waals surface area contributed by atoms with Crippen molar-refractivity contribution in [1.82, 2.24) is 5.32 Å². The Kier molecular flexibility index (Phi) is 8.70. The number of ether oxygens (including phenoxy) is 1. The maximum absolute atomic E-state index is 12.0. The second-order valence-electron chi connectivity index (χ2n) is 5.38. The van der Waals surface area contributed by atoms with Crippen LogP contribution in [0.2, 0.25) is 0 Å². The quantitative estimate of drug-likeness (QED) is 0.656. The molecule has 0 heterocycles. The largest absolute Gasteiger partial charge is 0.465 e. The SMILES string of the molecule is CCOC(=O)C(C)(CSCC(C)CC)NC(C)C. The molecule has 2 unspecified atom stereocenters. The molecule has 0 radical (unpaired) electrons. The van der Waals surface area contributed by atoms with E-state index in [4.69, 9.17) is 4.74 Å². The van der Waals surface area contributed by atoms with E-state index in [1.807, 2.05) is 25.6 Å². The van der Waals surface area contributed by atoms with E-state index < -0.39 is 5.54 Å². The number of hydrogen-bond donors (Lipinski definition) is 1. The molecule has 2 atom stereocenters. The molecule has 0 aromatic carbocycles. The van der Waals surface area contributed by atoms with Crippen LogP contribution in [0.4, 0.5) is 0 Å². The van der Waals surface area contributed by atoms with Crippen molar-refractivity contribution >= 4 is 17.7 Å². The van der Waals surface area contributed by atoms with Gasteiger partial charge < -0.3 is 4.74 Å². The van der Waals surface area contributed by atoms with E-state index in [0.717, 1.165) is 11.5 Å². The van der Waals surface area contributed by atoms with Gasteiger partial charge in [-0.2, -0.15) is 11.8 Å². The van der Waals surface area contributed by atoms with Gasteiger partial charge in [-0.25, -0.2) is 0 Å². The Morgan fingerprint density at radius 3 is 2.39 bits per heavy atom. The molecule has 0 aromatic rings. The summed E-state index contributed by atoms with van der Waals surface area (Å²) in [4.78, 5) is 12.0. The minimum absolute atomic E-state index is 0.143. The van der Waals surface area contributed by atoms with Gasteiger partial charge in [0, 0.05) is 11.8 Å². The molecule has 108 valence electrons. The van der Waals surface area contributed by atoms with Crippen molar-refractivity contribution < 1.29 is 9.53 Å². The van der Waals surface area contributed by atoms with E-state index in [-0.39, 0.29) is 12.0 Å². The highest BCUT2D eigenvalue weighted by Crippen LogP contribution is 2.19. The highest BCUT2D eigenvalue weighted by atomic mass is 32.2. The number of thioether (sulfide) groups is 1. The van der Waals surface area contributed by atoms with Crippen LogP contribution in [0.15, 0.2) is 0 Å². The highest BCUT2D eigenvalue weighted by molar-refractivity contribution is 7.99. The topological polar surface area (TPSA) is 38.3 Å². The van der Waals surface area contributed by atoms with E-state index in [2.05, 4.69) is 33.0 Å². The van der Waals surface area contributed by atoms with Crippen LogP contribution >= 0.6 is 11.8 Å². The summed E-state index contributed by atoms with van der Waals surface area (Å²) in [5, 5.41) is 3.34. The van der Waals surface area contributed by atoms with E-state index >= 15 is 0 Å². The Labute approximate surface area is 116 Å². The van der Waals surface area contributed by atoms with Crippen molar-refractivity contribution in [2.45, 2.75) is 59.5 Å². The van der Waals surface area contributed by atoms with E-state index in [1.54, 1.807) is 0 Å². The molecule has 0 aliphatic carbocycles. The summed E-state index contributed by atoms with van der Waals surface area (Å²) in [5.74, 6) is 2.40. The molecule has 4 heteroatoms. The number of esters is 1. The van der Waals surface area contributed by atoms with Crippen molar-refractivity contribution in [1.29, 1.82) is 0 Å². The van der Waals surface area contributed by atoms with Gasteiger partial charge >= 0.3 is 5.97 Å². The van der Waals surface area contributed by atoms with Gasteiger partial charge in [-0.05, 0) is 39.4 Å². The Bertz CT molecular complexity index is 246. The molecule has 1 N–H and O–H groups in total.